The monoisotopic (exact) mass is 321 g/mol. The van der Waals surface area contributed by atoms with E-state index in [4.69, 9.17) is 11.5 Å². The molecular formula is C16H23N3O2S. The summed E-state index contributed by atoms with van der Waals surface area (Å²) >= 11 is 1.46. The SMILES string of the molecule is CC1(C)SC(C(=O)CCC(N)c2ccccc2)NC1C(N)=O. The van der Waals surface area contributed by atoms with E-state index in [2.05, 4.69) is 5.32 Å². The van der Waals surface area contributed by atoms with Crippen molar-refractivity contribution in [2.75, 3.05) is 0 Å². The highest BCUT2D eigenvalue weighted by Crippen LogP contribution is 2.38. The first-order valence-corrected chi connectivity index (χ1v) is 8.25. The second-order valence-corrected chi connectivity index (χ2v) is 7.88. The van der Waals surface area contributed by atoms with Gasteiger partial charge in [0, 0.05) is 17.2 Å². The third kappa shape index (κ3) is 3.88. The minimum absolute atomic E-state index is 0.0632. The third-order valence-corrected chi connectivity index (χ3v) is 5.42. The predicted octanol–water partition coefficient (Wildman–Crippen LogP) is 1.33. The number of amides is 1. The molecule has 0 radical (unpaired) electrons. The quantitative estimate of drug-likeness (QED) is 0.734. The van der Waals surface area contributed by atoms with Crippen molar-refractivity contribution in [2.45, 2.75) is 48.9 Å². The van der Waals surface area contributed by atoms with Gasteiger partial charge in [0.25, 0.3) is 0 Å². The number of thioether (sulfide) groups is 1. The highest BCUT2D eigenvalue weighted by molar-refractivity contribution is 8.02. The maximum atomic E-state index is 12.3. The number of primary amides is 1. The molecular weight excluding hydrogens is 298 g/mol. The van der Waals surface area contributed by atoms with Crippen LogP contribution in [0.3, 0.4) is 0 Å². The first-order valence-electron chi connectivity index (χ1n) is 7.37. The van der Waals surface area contributed by atoms with Crippen LogP contribution in [0.4, 0.5) is 0 Å². The molecule has 1 amide bonds. The van der Waals surface area contributed by atoms with E-state index in [1.54, 1.807) is 0 Å². The van der Waals surface area contributed by atoms with Crippen molar-refractivity contribution in [3.05, 3.63) is 35.9 Å². The van der Waals surface area contributed by atoms with Gasteiger partial charge in [0.1, 0.15) is 11.4 Å². The van der Waals surface area contributed by atoms with E-state index >= 15 is 0 Å². The normalized spacial score (nSPS) is 24.9. The van der Waals surface area contributed by atoms with Crippen LogP contribution in [-0.4, -0.2) is 27.9 Å². The minimum atomic E-state index is -0.491. The zero-order valence-corrected chi connectivity index (χ0v) is 13.7. The molecule has 1 aliphatic heterocycles. The Morgan fingerprint density at radius 3 is 2.50 bits per heavy atom. The molecule has 0 aliphatic carbocycles. The van der Waals surface area contributed by atoms with Gasteiger partial charge in [-0.2, -0.15) is 0 Å². The van der Waals surface area contributed by atoms with E-state index in [0.29, 0.717) is 12.8 Å². The van der Waals surface area contributed by atoms with E-state index in [-0.39, 0.29) is 16.6 Å². The molecule has 1 aliphatic rings. The summed E-state index contributed by atoms with van der Waals surface area (Å²) in [6.07, 6.45) is 0.964. The molecule has 0 bridgehead atoms. The average Bonchev–Trinajstić information content (AvgIpc) is 2.81. The highest BCUT2D eigenvalue weighted by Gasteiger charge is 2.46. The van der Waals surface area contributed by atoms with E-state index in [9.17, 15) is 9.59 Å². The lowest BCUT2D eigenvalue weighted by Gasteiger charge is -2.21. The molecule has 3 atom stereocenters. The summed E-state index contributed by atoms with van der Waals surface area (Å²) in [6.45, 7) is 3.84. The Morgan fingerprint density at radius 1 is 1.32 bits per heavy atom. The van der Waals surface area contributed by atoms with Crippen LogP contribution in [0.25, 0.3) is 0 Å². The summed E-state index contributed by atoms with van der Waals surface area (Å²) in [7, 11) is 0. The van der Waals surface area contributed by atoms with Gasteiger partial charge in [0.15, 0.2) is 5.78 Å². The van der Waals surface area contributed by atoms with Gasteiger partial charge in [0.2, 0.25) is 5.91 Å². The fourth-order valence-electron chi connectivity index (χ4n) is 2.64. The van der Waals surface area contributed by atoms with Crippen LogP contribution in [-0.2, 0) is 9.59 Å². The number of benzene rings is 1. The molecule has 6 heteroatoms. The van der Waals surface area contributed by atoms with Crippen molar-refractivity contribution in [3.63, 3.8) is 0 Å². The Labute approximate surface area is 135 Å². The molecule has 1 fully saturated rings. The van der Waals surface area contributed by atoms with E-state index in [0.717, 1.165) is 5.56 Å². The molecule has 22 heavy (non-hydrogen) atoms. The van der Waals surface area contributed by atoms with Crippen molar-refractivity contribution in [1.82, 2.24) is 5.32 Å². The number of hydrogen-bond donors (Lipinski definition) is 3. The molecule has 2 rings (SSSR count). The third-order valence-electron chi connectivity index (χ3n) is 3.94. The fourth-order valence-corrected chi connectivity index (χ4v) is 4.02. The standard InChI is InChI=1S/C16H23N3O2S/c1-16(2)13(14(18)21)19-15(22-16)12(20)9-8-11(17)10-6-4-3-5-7-10/h3-7,11,13,15,19H,8-9,17H2,1-2H3,(H2,18,21). The first kappa shape index (κ1) is 17.0. The van der Waals surface area contributed by atoms with Gasteiger partial charge in [-0.05, 0) is 25.8 Å². The van der Waals surface area contributed by atoms with Crippen LogP contribution in [0.15, 0.2) is 30.3 Å². The van der Waals surface area contributed by atoms with Gasteiger partial charge in [0.05, 0.1) is 0 Å². The fraction of sp³-hybridized carbons (Fsp3) is 0.500. The van der Waals surface area contributed by atoms with E-state index in [1.165, 1.54) is 11.8 Å². The Morgan fingerprint density at radius 2 is 1.95 bits per heavy atom. The number of ketones is 1. The summed E-state index contributed by atoms with van der Waals surface area (Å²) in [5.41, 5.74) is 12.5. The summed E-state index contributed by atoms with van der Waals surface area (Å²) < 4.78 is -0.381. The lowest BCUT2D eigenvalue weighted by Crippen LogP contribution is -2.49. The maximum Gasteiger partial charge on any atom is 0.236 e. The molecule has 0 saturated carbocycles. The molecule has 1 saturated heterocycles. The van der Waals surface area contributed by atoms with Crippen molar-refractivity contribution in [2.24, 2.45) is 11.5 Å². The average molecular weight is 321 g/mol. The molecule has 3 unspecified atom stereocenters. The molecule has 1 aromatic carbocycles. The number of Topliss-reactive ketones (excluding diaryl/α,β-unsaturated/α-hetero) is 1. The molecule has 5 nitrogen and oxygen atoms in total. The summed E-state index contributed by atoms with van der Waals surface area (Å²) in [5.74, 6) is -0.359. The van der Waals surface area contributed by atoms with Gasteiger partial charge in [-0.15, -0.1) is 11.8 Å². The lowest BCUT2D eigenvalue weighted by atomic mass is 10.0. The number of nitrogens with one attached hydrogen (secondary N) is 1. The number of rotatable bonds is 6. The summed E-state index contributed by atoms with van der Waals surface area (Å²) in [6, 6.07) is 9.09. The van der Waals surface area contributed by atoms with Crippen LogP contribution in [0, 0.1) is 0 Å². The van der Waals surface area contributed by atoms with Gasteiger partial charge < -0.3 is 11.5 Å². The van der Waals surface area contributed by atoms with Gasteiger partial charge >= 0.3 is 0 Å². The van der Waals surface area contributed by atoms with Crippen LogP contribution in [0.1, 0.15) is 38.3 Å². The van der Waals surface area contributed by atoms with Crippen molar-refractivity contribution < 1.29 is 9.59 Å². The number of nitrogens with two attached hydrogens (primary N) is 2. The Kier molecular flexibility index (Phi) is 5.26. The molecule has 120 valence electrons. The lowest BCUT2D eigenvalue weighted by molar-refractivity contribution is -0.121. The summed E-state index contributed by atoms with van der Waals surface area (Å²) in [4.78, 5) is 23.8. The smallest absolute Gasteiger partial charge is 0.236 e. The van der Waals surface area contributed by atoms with Crippen molar-refractivity contribution >= 4 is 23.5 Å². The van der Waals surface area contributed by atoms with E-state index < -0.39 is 17.3 Å². The van der Waals surface area contributed by atoms with Gasteiger partial charge in [-0.3, -0.25) is 14.9 Å². The Balaban J connectivity index is 1.90. The predicted molar refractivity (Wildman–Crippen MR) is 89.2 cm³/mol. The molecule has 1 heterocycles. The maximum absolute atomic E-state index is 12.3. The van der Waals surface area contributed by atoms with Crippen molar-refractivity contribution in [3.8, 4) is 0 Å². The molecule has 0 spiro atoms. The number of carbonyl (C=O) groups is 2. The Bertz CT molecular complexity index is 548. The van der Waals surface area contributed by atoms with Gasteiger partial charge in [-0.25, -0.2) is 0 Å². The highest BCUT2D eigenvalue weighted by atomic mass is 32.2. The topological polar surface area (TPSA) is 98.2 Å². The largest absolute Gasteiger partial charge is 0.368 e. The first-order chi connectivity index (χ1) is 10.3. The van der Waals surface area contributed by atoms with Crippen LogP contribution < -0.4 is 16.8 Å². The zero-order chi connectivity index (χ0) is 16.3. The zero-order valence-electron chi connectivity index (χ0n) is 12.9. The summed E-state index contributed by atoms with van der Waals surface area (Å²) in [5, 5.41) is 2.65. The van der Waals surface area contributed by atoms with Crippen LogP contribution >= 0.6 is 11.8 Å². The van der Waals surface area contributed by atoms with E-state index in [1.807, 2.05) is 44.2 Å². The number of hydrogen-bond acceptors (Lipinski definition) is 5. The second kappa shape index (κ2) is 6.81. The van der Waals surface area contributed by atoms with Crippen LogP contribution in [0.5, 0.6) is 0 Å². The van der Waals surface area contributed by atoms with Crippen LogP contribution in [0.2, 0.25) is 0 Å². The molecule has 0 aromatic heterocycles. The number of carbonyl (C=O) groups excluding carboxylic acids is 2. The second-order valence-electron chi connectivity index (χ2n) is 6.13. The molecule has 5 N–H and O–H groups in total. The van der Waals surface area contributed by atoms with Crippen molar-refractivity contribution in [1.29, 1.82) is 0 Å². The van der Waals surface area contributed by atoms with Gasteiger partial charge in [-0.1, -0.05) is 30.3 Å². The Hall–Kier alpha value is -1.37. The molecule has 1 aromatic rings. The minimum Gasteiger partial charge on any atom is -0.368 e.